The number of nitrogens with one attached hydrogen (secondary N) is 1. The molecule has 0 amide bonds. The first-order valence-electron chi connectivity index (χ1n) is 7.79. The van der Waals surface area contributed by atoms with E-state index in [1.54, 1.807) is 0 Å². The number of hydrogen-bond acceptors (Lipinski definition) is 2. The van der Waals surface area contributed by atoms with Crippen LogP contribution in [0.2, 0.25) is 0 Å². The summed E-state index contributed by atoms with van der Waals surface area (Å²) in [5, 5.41) is 3.67. The summed E-state index contributed by atoms with van der Waals surface area (Å²) in [6, 6.07) is 10.2. The van der Waals surface area contributed by atoms with Gasteiger partial charge in [-0.15, -0.1) is 0 Å². The third kappa shape index (κ3) is 3.97. The molecule has 1 aromatic rings. The van der Waals surface area contributed by atoms with Gasteiger partial charge in [0, 0.05) is 30.9 Å². The molecule has 1 aliphatic heterocycles. The molecular weight excluding hydrogens is 232 g/mol. The van der Waals surface area contributed by atoms with Crippen LogP contribution >= 0.6 is 0 Å². The highest BCUT2D eigenvalue weighted by Gasteiger charge is 2.17. The molecule has 2 unspecified atom stereocenters. The second-order valence-corrected chi connectivity index (χ2v) is 5.91. The second-order valence-electron chi connectivity index (χ2n) is 5.91. The highest BCUT2D eigenvalue weighted by atomic mass is 15.1. The normalized spacial score (nSPS) is 24.9. The molecule has 0 bridgehead atoms. The zero-order valence-electron chi connectivity index (χ0n) is 12.7. The number of hydrogen-bond donors (Lipinski definition) is 1. The van der Waals surface area contributed by atoms with Crippen LogP contribution in [-0.2, 0) is 6.42 Å². The van der Waals surface area contributed by atoms with Crippen LogP contribution in [0.15, 0.2) is 24.3 Å². The maximum Gasteiger partial charge on any atom is 0.0398 e. The standard InChI is InChI=1S/C17H28N2/c1-4-7-16-8-5-6-9-17(16)19-12-10-14(2)18-15(3)11-13-19/h5-6,8-9,14-15,18H,4,7,10-13H2,1-3H3. The van der Waals surface area contributed by atoms with Gasteiger partial charge in [0.25, 0.3) is 0 Å². The van der Waals surface area contributed by atoms with Gasteiger partial charge in [-0.05, 0) is 44.7 Å². The SMILES string of the molecule is CCCc1ccccc1N1CCC(C)NC(C)CC1. The molecule has 1 aliphatic rings. The number of benzene rings is 1. The molecule has 2 atom stereocenters. The van der Waals surface area contributed by atoms with Crippen LogP contribution in [0.1, 0.15) is 45.6 Å². The van der Waals surface area contributed by atoms with Crippen molar-refractivity contribution in [1.82, 2.24) is 5.32 Å². The number of rotatable bonds is 3. The minimum absolute atomic E-state index is 0.621. The topological polar surface area (TPSA) is 15.3 Å². The van der Waals surface area contributed by atoms with Crippen molar-refractivity contribution in [2.45, 2.75) is 58.5 Å². The van der Waals surface area contributed by atoms with Gasteiger partial charge >= 0.3 is 0 Å². The van der Waals surface area contributed by atoms with Crippen LogP contribution in [-0.4, -0.2) is 25.2 Å². The van der Waals surface area contributed by atoms with Crippen molar-refractivity contribution in [1.29, 1.82) is 0 Å². The largest absolute Gasteiger partial charge is 0.371 e. The molecule has 0 aliphatic carbocycles. The van der Waals surface area contributed by atoms with Crippen LogP contribution in [0.4, 0.5) is 5.69 Å². The van der Waals surface area contributed by atoms with Gasteiger partial charge in [-0.2, -0.15) is 0 Å². The Morgan fingerprint density at radius 1 is 1.11 bits per heavy atom. The molecule has 19 heavy (non-hydrogen) atoms. The molecule has 2 nitrogen and oxygen atoms in total. The fourth-order valence-electron chi connectivity index (χ4n) is 3.00. The van der Waals surface area contributed by atoms with Crippen LogP contribution in [0, 0.1) is 0 Å². The van der Waals surface area contributed by atoms with Gasteiger partial charge in [-0.1, -0.05) is 31.5 Å². The first kappa shape index (κ1) is 14.4. The van der Waals surface area contributed by atoms with Crippen LogP contribution < -0.4 is 10.2 Å². The summed E-state index contributed by atoms with van der Waals surface area (Å²) < 4.78 is 0. The third-order valence-corrected chi connectivity index (χ3v) is 4.08. The summed E-state index contributed by atoms with van der Waals surface area (Å²) in [5.74, 6) is 0. The van der Waals surface area contributed by atoms with Gasteiger partial charge in [0.15, 0.2) is 0 Å². The average Bonchev–Trinajstić information content (AvgIpc) is 2.38. The first-order valence-corrected chi connectivity index (χ1v) is 7.79. The highest BCUT2D eigenvalue weighted by Crippen LogP contribution is 2.23. The van der Waals surface area contributed by atoms with E-state index in [4.69, 9.17) is 0 Å². The molecule has 0 aromatic heterocycles. The maximum atomic E-state index is 3.67. The monoisotopic (exact) mass is 260 g/mol. The molecule has 1 N–H and O–H groups in total. The van der Waals surface area contributed by atoms with Gasteiger partial charge in [0.1, 0.15) is 0 Å². The summed E-state index contributed by atoms with van der Waals surface area (Å²) in [5.41, 5.74) is 2.98. The van der Waals surface area contributed by atoms with Crippen molar-refractivity contribution >= 4 is 5.69 Å². The predicted molar refractivity (Wildman–Crippen MR) is 83.9 cm³/mol. The van der Waals surface area contributed by atoms with Gasteiger partial charge in [-0.3, -0.25) is 0 Å². The van der Waals surface area contributed by atoms with E-state index in [1.807, 2.05) is 0 Å². The highest BCUT2D eigenvalue weighted by molar-refractivity contribution is 5.53. The Kier molecular flexibility index (Phi) is 5.26. The second kappa shape index (κ2) is 6.95. The Bertz CT molecular complexity index is 377. The summed E-state index contributed by atoms with van der Waals surface area (Å²) in [4.78, 5) is 2.60. The molecule has 0 saturated carbocycles. The Labute approximate surface area is 118 Å². The molecule has 2 heteroatoms. The Balaban J connectivity index is 2.14. The lowest BCUT2D eigenvalue weighted by atomic mass is 10.0. The Morgan fingerprint density at radius 2 is 1.74 bits per heavy atom. The van der Waals surface area contributed by atoms with Crippen LogP contribution in [0.5, 0.6) is 0 Å². The minimum atomic E-state index is 0.621. The molecule has 1 aromatic carbocycles. The van der Waals surface area contributed by atoms with E-state index < -0.39 is 0 Å². The van der Waals surface area contributed by atoms with Crippen molar-refractivity contribution in [2.75, 3.05) is 18.0 Å². The van der Waals surface area contributed by atoms with Gasteiger partial charge < -0.3 is 10.2 Å². The molecule has 0 spiro atoms. The Hall–Kier alpha value is -1.02. The zero-order valence-corrected chi connectivity index (χ0v) is 12.7. The van der Waals surface area contributed by atoms with E-state index in [0.717, 1.165) is 0 Å². The quantitative estimate of drug-likeness (QED) is 0.893. The third-order valence-electron chi connectivity index (χ3n) is 4.08. The van der Waals surface area contributed by atoms with E-state index in [2.05, 4.69) is 55.3 Å². The van der Waals surface area contributed by atoms with Crippen molar-refractivity contribution in [3.8, 4) is 0 Å². The summed E-state index contributed by atoms with van der Waals surface area (Å²) >= 11 is 0. The molecule has 0 radical (unpaired) electrons. The average molecular weight is 260 g/mol. The fraction of sp³-hybridized carbons (Fsp3) is 0.647. The molecule has 1 heterocycles. The van der Waals surface area contributed by atoms with Gasteiger partial charge in [-0.25, -0.2) is 0 Å². The van der Waals surface area contributed by atoms with Crippen molar-refractivity contribution in [3.63, 3.8) is 0 Å². The maximum absolute atomic E-state index is 3.67. The summed E-state index contributed by atoms with van der Waals surface area (Å²) in [6.07, 6.45) is 4.87. The lowest BCUT2D eigenvalue weighted by molar-refractivity contribution is 0.404. The van der Waals surface area contributed by atoms with Gasteiger partial charge in [0.2, 0.25) is 0 Å². The van der Waals surface area contributed by atoms with Crippen molar-refractivity contribution in [3.05, 3.63) is 29.8 Å². The van der Waals surface area contributed by atoms with E-state index in [9.17, 15) is 0 Å². The van der Waals surface area contributed by atoms with E-state index >= 15 is 0 Å². The predicted octanol–water partition coefficient (Wildman–Crippen LogP) is 3.61. The minimum Gasteiger partial charge on any atom is -0.371 e. The van der Waals surface area contributed by atoms with E-state index in [0.29, 0.717) is 12.1 Å². The molecule has 2 rings (SSSR count). The Morgan fingerprint density at radius 3 is 2.37 bits per heavy atom. The number of anilines is 1. The smallest absolute Gasteiger partial charge is 0.0398 e. The van der Waals surface area contributed by atoms with Crippen molar-refractivity contribution < 1.29 is 0 Å². The zero-order chi connectivity index (χ0) is 13.7. The number of nitrogens with zero attached hydrogens (tertiary/aromatic N) is 1. The summed E-state index contributed by atoms with van der Waals surface area (Å²) in [6.45, 7) is 9.21. The van der Waals surface area contributed by atoms with Gasteiger partial charge in [0.05, 0.1) is 0 Å². The molecular formula is C17H28N2. The molecule has 106 valence electrons. The molecule has 1 saturated heterocycles. The van der Waals surface area contributed by atoms with E-state index in [-0.39, 0.29) is 0 Å². The fourth-order valence-corrected chi connectivity index (χ4v) is 3.00. The van der Waals surface area contributed by atoms with Crippen molar-refractivity contribution in [2.24, 2.45) is 0 Å². The number of para-hydroxylation sites is 1. The number of aryl methyl sites for hydroxylation is 1. The first-order chi connectivity index (χ1) is 9.20. The van der Waals surface area contributed by atoms with Crippen LogP contribution in [0.25, 0.3) is 0 Å². The summed E-state index contributed by atoms with van der Waals surface area (Å²) in [7, 11) is 0. The molecule has 1 fully saturated rings. The lowest BCUT2D eigenvalue weighted by Crippen LogP contribution is -2.43. The lowest BCUT2D eigenvalue weighted by Gasteiger charge is -2.33. The van der Waals surface area contributed by atoms with Crippen LogP contribution in [0.3, 0.4) is 0 Å². The van der Waals surface area contributed by atoms with E-state index in [1.165, 1.54) is 50.0 Å².